The molecule has 0 rings (SSSR count). The van der Waals surface area contributed by atoms with Gasteiger partial charge in [0, 0.05) is 0 Å². The average molecular weight is 441 g/mol. The van der Waals surface area contributed by atoms with Crippen molar-refractivity contribution in [2.24, 2.45) is 5.73 Å². The zero-order valence-corrected chi connectivity index (χ0v) is 22.7. The van der Waals surface area contributed by atoms with Crippen LogP contribution in [0.15, 0.2) is 0 Å². The van der Waals surface area contributed by atoms with E-state index in [1.807, 2.05) is 0 Å². The Labute approximate surface area is 199 Å². The molecule has 0 aromatic heterocycles. The summed E-state index contributed by atoms with van der Waals surface area (Å²) in [7, 11) is 0. The molecule has 0 bridgehead atoms. The second kappa shape index (κ2) is 32.1. The predicted octanol–water partition coefficient (Wildman–Crippen LogP) is 9.51. The predicted molar refractivity (Wildman–Crippen MR) is 145 cm³/mol. The van der Waals surface area contributed by atoms with Crippen molar-refractivity contribution in [1.29, 1.82) is 0 Å². The number of nitrogens with two attached hydrogens (primary N) is 1. The van der Waals surface area contributed by atoms with E-state index in [0.717, 1.165) is 6.54 Å². The molecule has 0 aliphatic carbocycles. The van der Waals surface area contributed by atoms with Gasteiger partial charge in [-0.1, -0.05) is 137 Å². The van der Waals surface area contributed by atoms with Gasteiger partial charge < -0.3 is 10.6 Å². The van der Waals surface area contributed by atoms with Crippen LogP contribution in [0.5, 0.6) is 0 Å². The van der Waals surface area contributed by atoms with Crippen molar-refractivity contribution in [1.82, 2.24) is 4.90 Å². The summed E-state index contributed by atoms with van der Waals surface area (Å²) >= 11 is 0. The Morgan fingerprint density at radius 1 is 0.355 bits per heavy atom. The molecule has 0 aliphatic heterocycles. The van der Waals surface area contributed by atoms with Gasteiger partial charge in [-0.15, -0.1) is 0 Å². The van der Waals surface area contributed by atoms with Crippen molar-refractivity contribution < 1.29 is 0 Å². The van der Waals surface area contributed by atoms with E-state index in [1.165, 1.54) is 154 Å². The summed E-state index contributed by atoms with van der Waals surface area (Å²) in [5.74, 6) is 0. The van der Waals surface area contributed by atoms with Gasteiger partial charge >= 0.3 is 0 Å². The minimum Gasteiger partial charge on any atom is -0.330 e. The van der Waals surface area contributed by atoms with Crippen LogP contribution in [0.1, 0.15) is 163 Å². The Kier molecular flexibility index (Phi) is 34.3. The van der Waals surface area contributed by atoms with Crippen LogP contribution in [0.2, 0.25) is 0 Å². The van der Waals surface area contributed by atoms with Gasteiger partial charge in [0.05, 0.1) is 0 Å². The van der Waals surface area contributed by atoms with Crippen LogP contribution in [0.3, 0.4) is 0 Å². The Morgan fingerprint density at radius 3 is 0.903 bits per heavy atom. The normalized spacial score (nSPS) is 11.0. The largest absolute Gasteiger partial charge is 0.330 e. The molecule has 2 N–H and O–H groups in total. The Bertz CT molecular complexity index is 241. The lowest BCUT2D eigenvalue weighted by atomic mass is 10.1. The van der Waals surface area contributed by atoms with Gasteiger partial charge in [-0.3, -0.25) is 0 Å². The maximum Gasteiger partial charge on any atom is -0.00187 e. The van der Waals surface area contributed by atoms with Gasteiger partial charge in [0.25, 0.3) is 0 Å². The van der Waals surface area contributed by atoms with Crippen molar-refractivity contribution in [3.8, 4) is 0 Å². The molecule has 0 aliphatic rings. The van der Waals surface area contributed by atoms with Crippen LogP contribution < -0.4 is 5.73 Å². The van der Waals surface area contributed by atoms with E-state index in [4.69, 9.17) is 5.73 Å². The Balaban J connectivity index is 0. The summed E-state index contributed by atoms with van der Waals surface area (Å²) in [6.07, 6.45) is 29.3. The first kappa shape index (κ1) is 33.1. The van der Waals surface area contributed by atoms with Crippen LogP contribution >= 0.6 is 0 Å². The molecule has 190 valence electrons. The van der Waals surface area contributed by atoms with Crippen molar-refractivity contribution in [3.05, 3.63) is 0 Å². The fourth-order valence-corrected chi connectivity index (χ4v) is 4.08. The molecule has 0 unspecified atom stereocenters. The first-order valence-corrected chi connectivity index (χ1v) is 14.7. The number of unbranched alkanes of at least 4 members (excludes halogenated alkanes) is 17. The van der Waals surface area contributed by atoms with Gasteiger partial charge in [-0.05, 0) is 51.9 Å². The van der Waals surface area contributed by atoms with E-state index in [9.17, 15) is 0 Å². The highest BCUT2D eigenvalue weighted by Gasteiger charge is 2.04. The number of hydrogen-bond acceptors (Lipinski definition) is 2. The van der Waals surface area contributed by atoms with Crippen LogP contribution in [0.4, 0.5) is 0 Å². The van der Waals surface area contributed by atoms with Crippen molar-refractivity contribution in [2.45, 2.75) is 163 Å². The van der Waals surface area contributed by atoms with Crippen LogP contribution in [0.25, 0.3) is 0 Å². The molecule has 0 saturated heterocycles. The van der Waals surface area contributed by atoms with E-state index < -0.39 is 0 Å². The van der Waals surface area contributed by atoms with Crippen molar-refractivity contribution in [2.75, 3.05) is 26.2 Å². The van der Waals surface area contributed by atoms with E-state index in [0.29, 0.717) is 0 Å². The zero-order valence-electron chi connectivity index (χ0n) is 22.7. The third-order valence-corrected chi connectivity index (χ3v) is 6.29. The molecule has 0 atom stereocenters. The fraction of sp³-hybridized carbons (Fsp3) is 1.00. The maximum atomic E-state index is 5.34. The summed E-state index contributed by atoms with van der Waals surface area (Å²) < 4.78 is 0. The van der Waals surface area contributed by atoms with Crippen LogP contribution in [0, 0.1) is 0 Å². The molecular formula is C29H64N2. The third-order valence-electron chi connectivity index (χ3n) is 6.29. The molecule has 0 aromatic carbocycles. The standard InChI is InChI=1S/C21H45N.C8H19N/c1-4-7-10-13-16-19-22(20-17-14-11-8-5-2)21-18-15-12-9-6-3;1-2-3-4-5-6-7-8-9/h4-21H2,1-3H3;2-9H2,1H3. The van der Waals surface area contributed by atoms with Crippen LogP contribution in [-0.2, 0) is 0 Å². The summed E-state index contributed by atoms with van der Waals surface area (Å²) in [5.41, 5.74) is 5.34. The van der Waals surface area contributed by atoms with Gasteiger partial charge in [-0.25, -0.2) is 0 Å². The molecule has 0 spiro atoms. The summed E-state index contributed by atoms with van der Waals surface area (Å²) in [6, 6.07) is 0. The maximum absolute atomic E-state index is 5.34. The quantitative estimate of drug-likeness (QED) is 0.151. The topological polar surface area (TPSA) is 29.3 Å². The third kappa shape index (κ3) is 32.2. The van der Waals surface area contributed by atoms with E-state index >= 15 is 0 Å². The van der Waals surface area contributed by atoms with Crippen molar-refractivity contribution in [3.63, 3.8) is 0 Å². The summed E-state index contributed by atoms with van der Waals surface area (Å²) in [5, 5.41) is 0. The number of nitrogens with zero attached hydrogens (tertiary/aromatic N) is 1. The lowest BCUT2D eigenvalue weighted by molar-refractivity contribution is 0.254. The van der Waals surface area contributed by atoms with Crippen molar-refractivity contribution >= 4 is 0 Å². The molecule has 0 amide bonds. The second-order valence-electron chi connectivity index (χ2n) is 9.64. The van der Waals surface area contributed by atoms with Gasteiger partial charge in [-0.2, -0.15) is 0 Å². The lowest BCUT2D eigenvalue weighted by Crippen LogP contribution is -2.27. The number of hydrogen-bond donors (Lipinski definition) is 1. The number of rotatable bonds is 24. The SMILES string of the molecule is CCCCCCCCN.CCCCCCCN(CCCCCCC)CCCCCCC. The minimum atomic E-state index is 0.867. The summed E-state index contributed by atoms with van der Waals surface area (Å²) in [6.45, 7) is 14.1. The minimum absolute atomic E-state index is 0.867. The highest BCUT2D eigenvalue weighted by Crippen LogP contribution is 2.10. The Morgan fingerprint density at radius 2 is 0.613 bits per heavy atom. The molecular weight excluding hydrogens is 376 g/mol. The highest BCUT2D eigenvalue weighted by molar-refractivity contribution is 4.60. The van der Waals surface area contributed by atoms with E-state index in [2.05, 4.69) is 32.6 Å². The molecule has 0 fully saturated rings. The lowest BCUT2D eigenvalue weighted by Gasteiger charge is -2.22. The average Bonchev–Trinajstić information content (AvgIpc) is 2.78. The molecule has 2 heteroatoms. The molecule has 2 nitrogen and oxygen atoms in total. The fourth-order valence-electron chi connectivity index (χ4n) is 4.08. The molecule has 0 heterocycles. The molecule has 0 radical (unpaired) electrons. The van der Waals surface area contributed by atoms with Gasteiger partial charge in [0.15, 0.2) is 0 Å². The molecule has 0 saturated carbocycles. The van der Waals surface area contributed by atoms with E-state index in [-0.39, 0.29) is 0 Å². The van der Waals surface area contributed by atoms with E-state index in [1.54, 1.807) is 0 Å². The Hall–Kier alpha value is -0.0800. The van der Waals surface area contributed by atoms with Gasteiger partial charge in [0.2, 0.25) is 0 Å². The highest BCUT2D eigenvalue weighted by atomic mass is 15.1. The van der Waals surface area contributed by atoms with Crippen LogP contribution in [-0.4, -0.2) is 31.1 Å². The first-order chi connectivity index (χ1) is 15.3. The molecule has 0 aromatic rings. The zero-order chi connectivity index (χ0) is 23.3. The monoisotopic (exact) mass is 441 g/mol. The van der Waals surface area contributed by atoms with Gasteiger partial charge in [0.1, 0.15) is 0 Å². The summed E-state index contributed by atoms with van der Waals surface area (Å²) in [4.78, 5) is 2.77. The molecule has 31 heavy (non-hydrogen) atoms. The second-order valence-corrected chi connectivity index (χ2v) is 9.64. The first-order valence-electron chi connectivity index (χ1n) is 14.7. The smallest absolute Gasteiger partial charge is 0.00187 e.